The van der Waals surface area contributed by atoms with Gasteiger partial charge in [0.05, 0.1) is 37.4 Å². The number of ether oxygens (including phenoxy) is 3. The first-order valence-electron chi connectivity index (χ1n) is 19.4. The van der Waals surface area contributed by atoms with Crippen molar-refractivity contribution in [3.8, 4) is 41.2 Å². The molecule has 8 rings (SSSR count). The number of piperidine rings is 1. The van der Waals surface area contributed by atoms with Crippen molar-refractivity contribution >= 4 is 37.3 Å². The molecule has 292 valence electrons. The zero-order valence-electron chi connectivity index (χ0n) is 31.2. The van der Waals surface area contributed by atoms with Gasteiger partial charge in [-0.3, -0.25) is 4.90 Å². The number of halogens is 2. The standard InChI is InChI=1S/C41H47F2N5O6S/c1-3-29-31(42)13-12-26-23-28(49)24-30(33(26)29)36-35(43)37-34(39(44-36)52-2)38(47-16-8-19-53-20-18-47)46-40(45-37)54-25-41-14-4-11-32(41)48(17-7-15-41)27-9-5-21-55(50,51)22-6-10-27/h1,12-13,23-24,27,32,49H,4-11,14-22,25H2,2H3. The molecular weight excluding hydrogens is 729 g/mol. The summed E-state index contributed by atoms with van der Waals surface area (Å²) in [5.74, 6) is 1.70. The van der Waals surface area contributed by atoms with Crippen molar-refractivity contribution in [2.24, 2.45) is 5.41 Å². The molecule has 11 nitrogen and oxygen atoms in total. The number of likely N-dealkylation sites (tertiary alicyclic amines) is 1. The molecule has 3 saturated heterocycles. The monoisotopic (exact) mass is 775 g/mol. The van der Waals surface area contributed by atoms with Gasteiger partial charge in [-0.2, -0.15) is 9.97 Å². The van der Waals surface area contributed by atoms with E-state index in [0.717, 1.165) is 57.9 Å². The van der Waals surface area contributed by atoms with Crippen molar-refractivity contribution in [3.63, 3.8) is 0 Å². The van der Waals surface area contributed by atoms with E-state index in [0.29, 0.717) is 63.0 Å². The Labute approximate surface area is 320 Å². The smallest absolute Gasteiger partial charge is 0.319 e. The Bertz CT molecular complexity index is 2240. The molecule has 1 saturated carbocycles. The number of phenols is 1. The third-order valence-corrected chi connectivity index (χ3v) is 14.0. The number of rotatable bonds is 7. The fourth-order valence-corrected chi connectivity index (χ4v) is 11.1. The number of hydrogen-bond acceptors (Lipinski definition) is 11. The predicted molar refractivity (Wildman–Crippen MR) is 206 cm³/mol. The highest BCUT2D eigenvalue weighted by Crippen LogP contribution is 2.50. The van der Waals surface area contributed by atoms with Crippen LogP contribution < -0.4 is 14.4 Å². The molecule has 1 aliphatic carbocycles. The summed E-state index contributed by atoms with van der Waals surface area (Å²) in [7, 11) is -1.54. The fraction of sp³-hybridized carbons (Fsp3) is 0.537. The van der Waals surface area contributed by atoms with Gasteiger partial charge in [-0.15, -0.1) is 6.42 Å². The van der Waals surface area contributed by atoms with Crippen LogP contribution in [0.2, 0.25) is 0 Å². The van der Waals surface area contributed by atoms with Crippen molar-refractivity contribution in [2.75, 3.05) is 63.0 Å². The minimum Gasteiger partial charge on any atom is -0.508 e. The van der Waals surface area contributed by atoms with Crippen LogP contribution in [-0.2, 0) is 14.6 Å². The SMILES string of the molecule is C#Cc1c(F)ccc2cc(O)cc(-c3nc(OC)c4c(N5CCCOCC5)nc(OCC56CCCC5N(C5CCCS(=O)(=O)CCC5)CCC6)nc4c3F)c12. The summed E-state index contributed by atoms with van der Waals surface area (Å²) in [6.07, 6.45) is 14.6. The summed E-state index contributed by atoms with van der Waals surface area (Å²) in [5.41, 5.74) is -0.449. The normalized spacial score (nSPS) is 23.8. The van der Waals surface area contributed by atoms with Crippen LogP contribution in [0, 0.1) is 29.4 Å². The zero-order chi connectivity index (χ0) is 38.3. The molecule has 2 aromatic carbocycles. The second kappa shape index (κ2) is 15.3. The molecule has 0 spiro atoms. The van der Waals surface area contributed by atoms with E-state index in [1.54, 1.807) is 0 Å². The van der Waals surface area contributed by atoms with E-state index in [9.17, 15) is 13.5 Å². The van der Waals surface area contributed by atoms with Crippen LogP contribution in [0.15, 0.2) is 24.3 Å². The molecule has 0 radical (unpaired) electrons. The highest BCUT2D eigenvalue weighted by atomic mass is 32.2. The van der Waals surface area contributed by atoms with E-state index in [-0.39, 0.29) is 73.7 Å². The Hall–Kier alpha value is -4.32. The Kier molecular flexibility index (Phi) is 10.5. The lowest BCUT2D eigenvalue weighted by Gasteiger charge is -2.49. The van der Waals surface area contributed by atoms with E-state index in [1.807, 2.05) is 4.90 Å². The maximum atomic E-state index is 17.3. The molecule has 2 aromatic heterocycles. The molecule has 3 aliphatic heterocycles. The summed E-state index contributed by atoms with van der Waals surface area (Å²) in [5, 5.41) is 11.6. The van der Waals surface area contributed by atoms with Gasteiger partial charge in [-0.1, -0.05) is 18.4 Å². The molecule has 0 bridgehead atoms. The van der Waals surface area contributed by atoms with Gasteiger partial charge in [0.25, 0.3) is 0 Å². The van der Waals surface area contributed by atoms with Gasteiger partial charge < -0.3 is 24.2 Å². The van der Waals surface area contributed by atoms with Gasteiger partial charge in [0.2, 0.25) is 5.88 Å². The molecule has 55 heavy (non-hydrogen) atoms. The first kappa shape index (κ1) is 37.6. The lowest BCUT2D eigenvalue weighted by molar-refractivity contribution is -0.0265. The van der Waals surface area contributed by atoms with E-state index in [1.165, 1.54) is 31.4 Å². The highest BCUT2D eigenvalue weighted by molar-refractivity contribution is 7.91. The number of fused-ring (bicyclic) bond motifs is 3. The predicted octanol–water partition coefficient (Wildman–Crippen LogP) is 6.42. The molecule has 1 N–H and O–H groups in total. The van der Waals surface area contributed by atoms with Crippen LogP contribution in [0.3, 0.4) is 0 Å². The Morgan fingerprint density at radius 3 is 2.56 bits per heavy atom. The first-order chi connectivity index (χ1) is 26.6. The second-order valence-electron chi connectivity index (χ2n) is 15.4. The largest absolute Gasteiger partial charge is 0.508 e. The van der Waals surface area contributed by atoms with Crippen molar-refractivity contribution in [1.29, 1.82) is 0 Å². The van der Waals surface area contributed by atoms with Crippen LogP contribution in [0.1, 0.15) is 69.8 Å². The number of methoxy groups -OCH3 is 1. The number of sulfone groups is 1. The van der Waals surface area contributed by atoms with Crippen molar-refractivity contribution in [3.05, 3.63) is 41.5 Å². The molecule has 2 atom stereocenters. The fourth-order valence-electron chi connectivity index (χ4n) is 9.67. The summed E-state index contributed by atoms with van der Waals surface area (Å²) in [4.78, 5) is 18.9. The quantitative estimate of drug-likeness (QED) is 0.209. The third-order valence-electron chi connectivity index (χ3n) is 12.2. The Balaban J connectivity index is 1.21. The van der Waals surface area contributed by atoms with Crippen molar-refractivity contribution < 1.29 is 36.5 Å². The number of terminal acetylenes is 1. The molecular formula is C41H47F2N5O6S. The van der Waals surface area contributed by atoms with Crippen molar-refractivity contribution in [2.45, 2.75) is 76.3 Å². The summed E-state index contributed by atoms with van der Waals surface area (Å²) in [6, 6.07) is 6.07. The third kappa shape index (κ3) is 7.15. The number of anilines is 1. The zero-order valence-corrected chi connectivity index (χ0v) is 32.0. The lowest BCUT2D eigenvalue weighted by atomic mass is 9.74. The average Bonchev–Trinajstić information content (AvgIpc) is 3.42. The van der Waals surface area contributed by atoms with E-state index >= 15 is 8.78 Å². The number of hydrogen-bond donors (Lipinski definition) is 1. The summed E-state index contributed by atoms with van der Waals surface area (Å²) in [6.45, 7) is 3.43. The van der Waals surface area contributed by atoms with Gasteiger partial charge in [0.1, 0.15) is 43.8 Å². The Morgan fingerprint density at radius 1 is 0.982 bits per heavy atom. The van der Waals surface area contributed by atoms with Crippen LogP contribution in [0.5, 0.6) is 17.6 Å². The van der Waals surface area contributed by atoms with E-state index in [4.69, 9.17) is 30.6 Å². The number of nitrogens with zero attached hydrogens (tertiary/aromatic N) is 5. The maximum absolute atomic E-state index is 17.3. The highest BCUT2D eigenvalue weighted by Gasteiger charge is 2.50. The van der Waals surface area contributed by atoms with Crippen molar-refractivity contribution in [1.82, 2.24) is 19.9 Å². The maximum Gasteiger partial charge on any atom is 0.319 e. The van der Waals surface area contributed by atoms with Gasteiger partial charge in [0, 0.05) is 48.1 Å². The molecule has 4 aliphatic rings. The van der Waals surface area contributed by atoms with Gasteiger partial charge >= 0.3 is 6.01 Å². The van der Waals surface area contributed by atoms with Gasteiger partial charge in [-0.25, -0.2) is 22.2 Å². The molecule has 2 unspecified atom stereocenters. The molecule has 5 heterocycles. The second-order valence-corrected chi connectivity index (χ2v) is 17.7. The molecule has 4 fully saturated rings. The number of aromatic hydroxyl groups is 1. The lowest BCUT2D eigenvalue weighted by Crippen LogP contribution is -2.55. The first-order valence-corrected chi connectivity index (χ1v) is 21.2. The summed E-state index contributed by atoms with van der Waals surface area (Å²) < 4.78 is 75.1. The van der Waals surface area contributed by atoms with Crippen LogP contribution in [0.25, 0.3) is 32.9 Å². The Morgan fingerprint density at radius 2 is 1.78 bits per heavy atom. The number of aromatic nitrogens is 3. The molecule has 0 amide bonds. The van der Waals surface area contributed by atoms with Crippen LogP contribution >= 0.6 is 0 Å². The number of pyridine rings is 1. The van der Waals surface area contributed by atoms with Gasteiger partial charge in [0.15, 0.2) is 5.82 Å². The van der Waals surface area contributed by atoms with Crippen LogP contribution in [0.4, 0.5) is 14.6 Å². The van der Waals surface area contributed by atoms with E-state index in [2.05, 4.69) is 15.8 Å². The minimum atomic E-state index is -2.97. The van der Waals surface area contributed by atoms with Gasteiger partial charge in [-0.05, 0) is 87.9 Å². The van der Waals surface area contributed by atoms with Crippen LogP contribution in [-0.4, -0.2) is 104 Å². The van der Waals surface area contributed by atoms with E-state index < -0.39 is 21.5 Å². The topological polar surface area (TPSA) is 127 Å². The minimum absolute atomic E-state index is 0.0233. The molecule has 14 heteroatoms. The summed E-state index contributed by atoms with van der Waals surface area (Å²) >= 11 is 0. The number of phenolic OH excluding ortho intramolecular Hbond substituents is 1. The molecule has 4 aromatic rings. The average molecular weight is 776 g/mol. The number of benzene rings is 2.